The minimum Gasteiger partial charge on any atom is -0.369 e. The van der Waals surface area contributed by atoms with Crippen LogP contribution in [-0.2, 0) is 18.0 Å². The van der Waals surface area contributed by atoms with E-state index in [0.29, 0.717) is 30.6 Å². The number of fused-ring (bicyclic) bond motifs is 1. The van der Waals surface area contributed by atoms with Gasteiger partial charge in [0.25, 0.3) is 0 Å². The van der Waals surface area contributed by atoms with Crippen molar-refractivity contribution in [3.05, 3.63) is 75.6 Å². The number of nitrogen functional groups attached to an aromatic ring is 1. The molecule has 2 aromatic carbocycles. The zero-order valence-corrected chi connectivity index (χ0v) is 16.0. The molecule has 2 heterocycles. The van der Waals surface area contributed by atoms with Crippen molar-refractivity contribution in [2.24, 2.45) is 0 Å². The van der Waals surface area contributed by atoms with E-state index in [1.165, 1.54) is 0 Å². The van der Waals surface area contributed by atoms with Gasteiger partial charge in [-0.2, -0.15) is 4.52 Å². The van der Waals surface area contributed by atoms with Crippen LogP contribution in [0.25, 0.3) is 16.9 Å². The number of rotatable bonds is 5. The fourth-order valence-corrected chi connectivity index (χ4v) is 3.44. The number of benzene rings is 2. The summed E-state index contributed by atoms with van der Waals surface area (Å²) in [6.07, 6.45) is 0. The summed E-state index contributed by atoms with van der Waals surface area (Å²) in [5, 5.41) is 4.43. The predicted octanol–water partition coefficient (Wildman–Crippen LogP) is 3.69. The molecule has 0 radical (unpaired) electrons. The molecule has 0 aliphatic heterocycles. The Morgan fingerprint density at radius 2 is 1.62 bits per heavy atom. The highest BCUT2D eigenvalue weighted by Gasteiger charge is 2.16. The molecule has 0 atom stereocenters. The average Bonchev–Trinajstić information content (AvgIpc) is 3.11. The highest BCUT2D eigenvalue weighted by atomic mass is 127. The first-order chi connectivity index (χ1) is 12.7. The summed E-state index contributed by atoms with van der Waals surface area (Å²) in [7, 11) is 0. The Balaban J connectivity index is 1.60. The first-order valence-electron chi connectivity index (χ1n) is 8.10. The van der Waals surface area contributed by atoms with Gasteiger partial charge in [-0.25, -0.2) is 9.97 Å². The molecule has 0 spiro atoms. The predicted molar refractivity (Wildman–Crippen MR) is 108 cm³/mol. The quantitative estimate of drug-likeness (QED) is 0.463. The van der Waals surface area contributed by atoms with E-state index in [1.807, 2.05) is 60.7 Å². The fourth-order valence-electron chi connectivity index (χ4n) is 2.66. The topological polar surface area (TPSA) is 78.3 Å². The van der Waals surface area contributed by atoms with Crippen molar-refractivity contribution in [3.8, 4) is 11.3 Å². The Kier molecular flexibility index (Phi) is 4.81. The molecule has 130 valence electrons. The number of nitrogens with zero attached hydrogens (tertiary/aromatic N) is 4. The molecule has 2 aromatic heterocycles. The second-order valence-electron chi connectivity index (χ2n) is 5.74. The van der Waals surface area contributed by atoms with E-state index in [0.717, 1.165) is 20.4 Å². The second kappa shape index (κ2) is 7.38. The van der Waals surface area contributed by atoms with E-state index in [-0.39, 0.29) is 0 Å². The van der Waals surface area contributed by atoms with Crippen molar-refractivity contribution in [1.82, 2.24) is 19.6 Å². The Bertz CT molecular complexity index is 1030. The molecule has 2 N–H and O–H groups in total. The number of ether oxygens (including phenoxy) is 1. The molecule has 0 fully saturated rings. The van der Waals surface area contributed by atoms with Crippen molar-refractivity contribution >= 4 is 34.2 Å². The zero-order chi connectivity index (χ0) is 17.9. The highest BCUT2D eigenvalue weighted by molar-refractivity contribution is 14.1. The first-order valence-corrected chi connectivity index (χ1v) is 9.18. The number of anilines is 1. The van der Waals surface area contributed by atoms with Crippen LogP contribution < -0.4 is 5.73 Å². The molecule has 0 aliphatic rings. The van der Waals surface area contributed by atoms with Gasteiger partial charge in [-0.3, -0.25) is 0 Å². The SMILES string of the molecule is Nc1nc(-c2ccccc2)c(I)c2nc(COCc3ccccc3)nn12. The minimum atomic E-state index is 0.307. The van der Waals surface area contributed by atoms with Gasteiger partial charge in [0.15, 0.2) is 11.5 Å². The lowest BCUT2D eigenvalue weighted by molar-refractivity contribution is 0.102. The molecule has 0 bridgehead atoms. The average molecular weight is 457 g/mol. The van der Waals surface area contributed by atoms with Crippen LogP contribution in [-0.4, -0.2) is 19.6 Å². The first kappa shape index (κ1) is 16.9. The van der Waals surface area contributed by atoms with Crippen LogP contribution in [0, 0.1) is 3.57 Å². The summed E-state index contributed by atoms with van der Waals surface area (Å²) < 4.78 is 8.20. The Labute approximate surface area is 164 Å². The molecule has 7 heteroatoms. The molecule has 4 rings (SSSR count). The standard InChI is InChI=1S/C19H16IN5O/c20-16-17(14-9-5-2-6-10-14)23-19(21)25-18(16)22-15(24-25)12-26-11-13-7-3-1-4-8-13/h1-10H,11-12H2,(H2,21,23). The van der Waals surface area contributed by atoms with E-state index >= 15 is 0 Å². The van der Waals surface area contributed by atoms with Crippen LogP contribution in [0.5, 0.6) is 0 Å². The number of hydrogen-bond acceptors (Lipinski definition) is 5. The molecule has 4 aromatic rings. The number of hydrogen-bond donors (Lipinski definition) is 1. The normalized spacial score (nSPS) is 11.1. The largest absolute Gasteiger partial charge is 0.369 e. The summed E-state index contributed by atoms with van der Waals surface area (Å²) in [4.78, 5) is 9.09. The van der Waals surface area contributed by atoms with Crippen molar-refractivity contribution in [3.63, 3.8) is 0 Å². The molecule has 0 amide bonds. The maximum absolute atomic E-state index is 6.10. The lowest BCUT2D eigenvalue weighted by Gasteiger charge is -2.06. The maximum Gasteiger partial charge on any atom is 0.223 e. The van der Waals surface area contributed by atoms with Crippen LogP contribution in [0.1, 0.15) is 11.4 Å². The highest BCUT2D eigenvalue weighted by Crippen LogP contribution is 2.27. The molecule has 6 nitrogen and oxygen atoms in total. The summed E-state index contributed by atoms with van der Waals surface area (Å²) in [5.74, 6) is 0.888. The van der Waals surface area contributed by atoms with Gasteiger partial charge >= 0.3 is 0 Å². The second-order valence-corrected chi connectivity index (χ2v) is 6.82. The lowest BCUT2D eigenvalue weighted by Crippen LogP contribution is -2.05. The van der Waals surface area contributed by atoms with Crippen molar-refractivity contribution < 1.29 is 4.74 Å². The van der Waals surface area contributed by atoms with Crippen LogP contribution >= 0.6 is 22.6 Å². The molecule has 0 saturated heterocycles. The number of halogens is 1. The molecule has 0 unspecified atom stereocenters. The van der Waals surface area contributed by atoms with E-state index in [2.05, 4.69) is 37.7 Å². The molecular weight excluding hydrogens is 441 g/mol. The van der Waals surface area contributed by atoms with E-state index in [1.54, 1.807) is 4.52 Å². The van der Waals surface area contributed by atoms with Gasteiger partial charge in [-0.05, 0) is 28.2 Å². The maximum atomic E-state index is 6.10. The van der Waals surface area contributed by atoms with Crippen molar-refractivity contribution in [1.29, 1.82) is 0 Å². The monoisotopic (exact) mass is 457 g/mol. The molecule has 0 aliphatic carbocycles. The summed E-state index contributed by atoms with van der Waals surface area (Å²) in [6, 6.07) is 19.9. The van der Waals surface area contributed by atoms with E-state index in [9.17, 15) is 0 Å². The Morgan fingerprint density at radius 1 is 0.923 bits per heavy atom. The van der Waals surface area contributed by atoms with Gasteiger partial charge in [0.05, 0.1) is 15.9 Å². The zero-order valence-electron chi connectivity index (χ0n) is 13.8. The number of aromatic nitrogens is 4. The van der Waals surface area contributed by atoms with Crippen LogP contribution in [0.3, 0.4) is 0 Å². The third-order valence-corrected chi connectivity index (χ3v) is 4.88. The van der Waals surface area contributed by atoms with E-state index in [4.69, 9.17) is 10.5 Å². The number of nitrogens with two attached hydrogens (primary N) is 1. The fraction of sp³-hybridized carbons (Fsp3) is 0.105. The van der Waals surface area contributed by atoms with Gasteiger partial charge in [-0.15, -0.1) is 5.10 Å². The molecular formula is C19H16IN5O. The van der Waals surface area contributed by atoms with E-state index < -0.39 is 0 Å². The van der Waals surface area contributed by atoms with Gasteiger partial charge in [0, 0.05) is 5.56 Å². The van der Waals surface area contributed by atoms with Gasteiger partial charge in [0.2, 0.25) is 5.95 Å². The van der Waals surface area contributed by atoms with Crippen LogP contribution in [0.15, 0.2) is 60.7 Å². The van der Waals surface area contributed by atoms with Gasteiger partial charge < -0.3 is 10.5 Å². The molecule has 26 heavy (non-hydrogen) atoms. The third-order valence-electron chi connectivity index (χ3n) is 3.89. The van der Waals surface area contributed by atoms with Gasteiger partial charge in [0.1, 0.15) is 6.61 Å². The summed E-state index contributed by atoms with van der Waals surface area (Å²) in [5.41, 5.74) is 9.70. The molecule has 0 saturated carbocycles. The van der Waals surface area contributed by atoms with Crippen LogP contribution in [0.2, 0.25) is 0 Å². The Morgan fingerprint density at radius 3 is 2.35 bits per heavy atom. The van der Waals surface area contributed by atoms with Crippen molar-refractivity contribution in [2.75, 3.05) is 5.73 Å². The smallest absolute Gasteiger partial charge is 0.223 e. The summed E-state index contributed by atoms with van der Waals surface area (Å²) in [6.45, 7) is 0.823. The lowest BCUT2D eigenvalue weighted by atomic mass is 10.1. The van der Waals surface area contributed by atoms with Crippen molar-refractivity contribution in [2.45, 2.75) is 13.2 Å². The third kappa shape index (κ3) is 3.40. The minimum absolute atomic E-state index is 0.307. The van der Waals surface area contributed by atoms with Crippen LogP contribution in [0.4, 0.5) is 5.95 Å². The van der Waals surface area contributed by atoms with Gasteiger partial charge in [-0.1, -0.05) is 60.7 Å². The summed E-state index contributed by atoms with van der Waals surface area (Å²) >= 11 is 2.24. The Hall–Kier alpha value is -2.52.